The first kappa shape index (κ1) is 36.9. The molecule has 0 unspecified atom stereocenters. The van der Waals surface area contributed by atoms with Crippen molar-refractivity contribution in [2.75, 3.05) is 31.2 Å². The van der Waals surface area contributed by atoms with Crippen LogP contribution in [0.1, 0.15) is 35.1 Å². The fraction of sp³-hybridized carbons (Fsp3) is 0.237. The highest BCUT2D eigenvalue weighted by Gasteiger charge is 2.50. The molecular weight excluding hydrogens is 843 g/mol. The molecule has 5 aromatic rings. The third-order valence-electron chi connectivity index (χ3n) is 10.3. The molecule has 2 spiro atoms. The van der Waals surface area contributed by atoms with Crippen LogP contribution < -0.4 is 25.8 Å². The molecule has 4 N–H and O–H groups in total. The van der Waals surface area contributed by atoms with Gasteiger partial charge in [-0.05, 0) is 60.2 Å². The summed E-state index contributed by atoms with van der Waals surface area (Å²) in [5.41, 5.74) is 12.0. The van der Waals surface area contributed by atoms with Crippen molar-refractivity contribution in [1.82, 2.24) is 15.0 Å². The first-order valence-corrected chi connectivity index (χ1v) is 18.5. The number of hydrogen-bond acceptors (Lipinski definition) is 12. The van der Waals surface area contributed by atoms with Crippen molar-refractivity contribution in [2.45, 2.75) is 29.8 Å². The largest absolute Gasteiger partial charge is 0.462 e. The number of halogens is 7. The van der Waals surface area contributed by atoms with Gasteiger partial charge in [0, 0.05) is 64.4 Å². The lowest BCUT2D eigenvalue weighted by molar-refractivity contribution is -0.0221. The number of amidine groups is 2. The predicted molar refractivity (Wildman–Crippen MR) is 200 cm³/mol. The number of aliphatic imine (C=N–C) groups is 2. The van der Waals surface area contributed by atoms with Crippen LogP contribution in [-0.4, -0.2) is 59.2 Å². The van der Waals surface area contributed by atoms with Crippen molar-refractivity contribution < 1.29 is 40.9 Å². The second-order valence-corrected chi connectivity index (χ2v) is 15.0. The maximum atomic E-state index is 15.3. The Labute approximate surface area is 333 Å². The fourth-order valence-electron chi connectivity index (χ4n) is 7.55. The quantitative estimate of drug-likeness (QED) is 0.133. The van der Waals surface area contributed by atoms with Crippen molar-refractivity contribution in [1.29, 1.82) is 0 Å². The van der Waals surface area contributed by atoms with Gasteiger partial charge in [0.15, 0.2) is 22.6 Å². The van der Waals surface area contributed by atoms with Crippen molar-refractivity contribution in [3.63, 3.8) is 0 Å². The predicted octanol–water partition coefficient (Wildman–Crippen LogP) is 7.68. The molecule has 2 atom stereocenters. The molecule has 19 heteroatoms. The molecule has 2 aromatic carbocycles. The Kier molecular flexibility index (Phi) is 8.69. The molecule has 0 radical (unpaired) electrons. The summed E-state index contributed by atoms with van der Waals surface area (Å²) in [6.07, 6.45) is 0.639. The molecule has 1 saturated heterocycles. The first-order chi connectivity index (χ1) is 27.2. The highest BCUT2D eigenvalue weighted by Crippen LogP contribution is 2.54. The zero-order valence-corrected chi connectivity index (χ0v) is 31.6. The number of piperidine rings is 1. The fourth-order valence-corrected chi connectivity index (χ4v) is 8.09. The van der Waals surface area contributed by atoms with E-state index in [1.165, 1.54) is 12.3 Å². The molecule has 0 bridgehead atoms. The third-order valence-corrected chi connectivity index (χ3v) is 11.0. The molecule has 0 saturated carbocycles. The van der Waals surface area contributed by atoms with E-state index in [4.69, 9.17) is 42.0 Å². The van der Waals surface area contributed by atoms with Gasteiger partial charge in [0.1, 0.15) is 35.7 Å². The number of rotatable bonds is 2. The number of alkyl halides is 2. The maximum absolute atomic E-state index is 15.3. The monoisotopic (exact) mass is 868 g/mol. The van der Waals surface area contributed by atoms with Crippen molar-refractivity contribution in [3.05, 3.63) is 117 Å². The molecule has 0 aliphatic carbocycles. The van der Waals surface area contributed by atoms with Crippen LogP contribution in [-0.2, 0) is 20.6 Å². The lowest BCUT2D eigenvalue weighted by Crippen LogP contribution is -2.40. The van der Waals surface area contributed by atoms with Gasteiger partial charge in [-0.15, -0.1) is 0 Å². The van der Waals surface area contributed by atoms with E-state index < -0.39 is 34.8 Å². The van der Waals surface area contributed by atoms with Crippen molar-refractivity contribution in [3.8, 4) is 34.1 Å². The third kappa shape index (κ3) is 6.21. The molecule has 5 aliphatic rings. The van der Waals surface area contributed by atoms with E-state index in [1.807, 2.05) is 6.07 Å². The van der Waals surface area contributed by atoms with E-state index in [9.17, 15) is 17.6 Å². The van der Waals surface area contributed by atoms with Crippen molar-refractivity contribution in [2.24, 2.45) is 21.5 Å². The smallest absolute Gasteiger partial charge is 0.283 e. The van der Waals surface area contributed by atoms with Crippen LogP contribution >= 0.6 is 27.5 Å². The minimum atomic E-state index is -2.76. The lowest BCUT2D eigenvalue weighted by Gasteiger charge is -2.36. The van der Waals surface area contributed by atoms with Crippen LogP contribution in [0.25, 0.3) is 11.1 Å². The number of hydrogen-bond donors (Lipinski definition) is 2. The van der Waals surface area contributed by atoms with E-state index in [1.54, 1.807) is 53.4 Å². The van der Waals surface area contributed by atoms with Gasteiger partial charge in [0.25, 0.3) is 29.9 Å². The van der Waals surface area contributed by atoms with Crippen LogP contribution in [0.4, 0.5) is 27.8 Å². The minimum Gasteiger partial charge on any atom is -0.462 e. The summed E-state index contributed by atoms with van der Waals surface area (Å²) in [7, 11) is 0. The average Bonchev–Trinajstić information content (AvgIpc) is 3.77. The van der Waals surface area contributed by atoms with Gasteiger partial charge in [0.2, 0.25) is 5.95 Å². The molecule has 10 rings (SSSR count). The zero-order valence-electron chi connectivity index (χ0n) is 29.2. The summed E-state index contributed by atoms with van der Waals surface area (Å²) in [6.45, 7) is 0.130. The number of nitrogens with two attached hydrogens (primary N) is 2. The van der Waals surface area contributed by atoms with Gasteiger partial charge >= 0.3 is 0 Å². The Morgan fingerprint density at radius 2 is 1.32 bits per heavy atom. The van der Waals surface area contributed by atoms with Crippen molar-refractivity contribution >= 4 is 45.4 Å². The van der Waals surface area contributed by atoms with Gasteiger partial charge in [-0.2, -0.15) is 18.2 Å². The standard InChI is InChI=1S/C24H19F4N5O2.C14H8BrClFN3O2/c25-20-14(2-1-7-30-20)13-3-4-17-15(10-13)24(12-34-22(29)32-24)16-11-18(31-21(26)19(16)35-17)33-8-5-23(27,28)6-9-33;15-6-1-2-9-7(3-6)14(5-21-13(18)20-14)8-4-10(16)19-12(17)11(8)22-9/h1-4,7,10-11H,5-6,8-9,12H2,(H2,29,32);1-4H,5H2,(H2,18,20)/t24-;14-/m00/s1. The van der Waals surface area contributed by atoms with E-state index in [0.717, 1.165) is 10.0 Å². The number of anilines is 1. The number of nitrogens with zero attached hydrogens (tertiary/aromatic N) is 6. The average molecular weight is 870 g/mol. The maximum Gasteiger partial charge on any atom is 0.283 e. The van der Waals surface area contributed by atoms with Crippen LogP contribution in [0, 0.1) is 17.8 Å². The molecule has 8 heterocycles. The Bertz CT molecular complexity index is 2560. The minimum absolute atomic E-state index is 0.0124. The number of fused-ring (bicyclic) bond motifs is 8. The molecule has 5 aliphatic heterocycles. The van der Waals surface area contributed by atoms with Crippen LogP contribution in [0.5, 0.6) is 23.0 Å². The Morgan fingerprint density at radius 1 is 0.719 bits per heavy atom. The van der Waals surface area contributed by atoms with E-state index in [-0.39, 0.29) is 79.2 Å². The second kappa shape index (κ2) is 13.4. The molecule has 57 heavy (non-hydrogen) atoms. The highest BCUT2D eigenvalue weighted by molar-refractivity contribution is 9.10. The summed E-state index contributed by atoms with van der Waals surface area (Å²) in [5, 5.41) is 0.0124. The van der Waals surface area contributed by atoms with E-state index in [0.29, 0.717) is 33.8 Å². The molecule has 12 nitrogen and oxygen atoms in total. The van der Waals surface area contributed by atoms with Gasteiger partial charge in [-0.25, -0.2) is 28.7 Å². The van der Waals surface area contributed by atoms with Crippen LogP contribution in [0.2, 0.25) is 5.15 Å². The van der Waals surface area contributed by atoms with Gasteiger partial charge in [0.05, 0.1) is 0 Å². The topological polar surface area (TPSA) is 156 Å². The summed E-state index contributed by atoms with van der Waals surface area (Å²) >= 11 is 9.32. The number of benzene rings is 2. The van der Waals surface area contributed by atoms with Gasteiger partial charge in [-0.1, -0.05) is 33.6 Å². The number of aromatic nitrogens is 3. The molecule has 3 aromatic heterocycles. The molecule has 1 fully saturated rings. The van der Waals surface area contributed by atoms with E-state index >= 15 is 4.39 Å². The molecule has 0 amide bonds. The zero-order chi connectivity index (χ0) is 39.9. The first-order valence-electron chi connectivity index (χ1n) is 17.3. The SMILES string of the molecule is NC1=N[C@@]2(CO1)c1cc(-c3cccnc3F)ccc1Oc1c2cc(N2CCC(F)(F)CC2)nc1F.NC1=N[C@@]2(CO1)c1cc(Br)ccc1Oc1c2cc(Cl)nc1F. The van der Waals surface area contributed by atoms with Crippen LogP contribution in [0.15, 0.2) is 81.3 Å². The van der Waals surface area contributed by atoms with E-state index in [2.05, 4.69) is 40.9 Å². The Hall–Kier alpha value is -5.75. The second-order valence-electron chi connectivity index (χ2n) is 13.7. The van der Waals surface area contributed by atoms with Gasteiger partial charge in [-0.3, -0.25) is 0 Å². The Morgan fingerprint density at radius 3 is 1.93 bits per heavy atom. The highest BCUT2D eigenvalue weighted by atomic mass is 79.9. The summed E-state index contributed by atoms with van der Waals surface area (Å²) in [5.74, 6) is -4.31. The number of ether oxygens (including phenoxy) is 4. The van der Waals surface area contributed by atoms with Crippen LogP contribution in [0.3, 0.4) is 0 Å². The molecular formula is C38H27BrClF5N8O4. The molecule has 292 valence electrons. The lowest BCUT2D eigenvalue weighted by atomic mass is 9.80. The normalized spacial score (nSPS) is 22.0. The summed E-state index contributed by atoms with van der Waals surface area (Å²) in [4.78, 5) is 21.8. The summed E-state index contributed by atoms with van der Waals surface area (Å²) < 4.78 is 94.5. The number of pyridine rings is 3. The van der Waals surface area contributed by atoms with Gasteiger partial charge < -0.3 is 35.3 Å². The Balaban J connectivity index is 0.000000165. The summed E-state index contributed by atoms with van der Waals surface area (Å²) in [6, 6.07) is 16.5.